The van der Waals surface area contributed by atoms with Crippen LogP contribution in [0.15, 0.2) is 59.4 Å². The normalized spacial score (nSPS) is 12.3. The fourth-order valence-electron chi connectivity index (χ4n) is 3.18. The third-order valence-electron chi connectivity index (χ3n) is 4.29. The Bertz CT molecular complexity index is 978. The van der Waals surface area contributed by atoms with Crippen molar-refractivity contribution in [1.29, 1.82) is 0 Å². The highest BCUT2D eigenvalue weighted by Gasteiger charge is 2.35. The third-order valence-corrected chi connectivity index (χ3v) is 4.29. The summed E-state index contributed by atoms with van der Waals surface area (Å²) in [6.45, 7) is 2.74. The number of Topliss-reactive ketones (excluding diaryl/α,β-unsaturated/α-hetero) is 2. The Kier molecular flexibility index (Phi) is 4.57. The first-order valence-corrected chi connectivity index (χ1v) is 8.04. The minimum Gasteiger partial charge on any atom is -0.319 e. The molecule has 0 radical (unpaired) electrons. The summed E-state index contributed by atoms with van der Waals surface area (Å²) >= 11 is 0. The van der Waals surface area contributed by atoms with Crippen molar-refractivity contribution >= 4 is 22.6 Å². The Labute approximate surface area is 144 Å². The topological polar surface area (TPSA) is 79.9 Å². The van der Waals surface area contributed by atoms with Crippen molar-refractivity contribution in [3.05, 3.63) is 76.2 Å². The molecule has 1 heterocycles. The van der Waals surface area contributed by atoms with Crippen molar-refractivity contribution in [2.75, 3.05) is 0 Å². The summed E-state index contributed by atoms with van der Waals surface area (Å²) in [4.78, 5) is 44.3. The van der Waals surface area contributed by atoms with Crippen LogP contribution >= 0.6 is 0 Å². The molecule has 1 N–H and O–H groups in total. The van der Waals surface area contributed by atoms with E-state index in [4.69, 9.17) is 0 Å². The number of hydrogen-bond donors (Lipinski definition) is 1. The van der Waals surface area contributed by atoms with E-state index in [0.29, 0.717) is 16.6 Å². The number of aromatic nitrogens is 2. The van der Waals surface area contributed by atoms with Gasteiger partial charge in [0.1, 0.15) is 17.3 Å². The number of para-hydroxylation sites is 2. The highest BCUT2D eigenvalue weighted by atomic mass is 16.2. The van der Waals surface area contributed by atoms with Crippen molar-refractivity contribution in [1.82, 2.24) is 9.97 Å². The van der Waals surface area contributed by atoms with E-state index in [-0.39, 0.29) is 22.8 Å². The molecule has 0 saturated carbocycles. The average molecular weight is 334 g/mol. The second-order valence-corrected chi connectivity index (χ2v) is 6.06. The molecule has 25 heavy (non-hydrogen) atoms. The Morgan fingerprint density at radius 2 is 1.52 bits per heavy atom. The number of hydrogen-bond acceptors (Lipinski definition) is 4. The van der Waals surface area contributed by atoms with Gasteiger partial charge in [-0.3, -0.25) is 14.4 Å². The minimum atomic E-state index is -0.947. The highest BCUT2D eigenvalue weighted by Crippen LogP contribution is 2.31. The van der Waals surface area contributed by atoms with Crippen LogP contribution in [0.2, 0.25) is 0 Å². The van der Waals surface area contributed by atoms with E-state index in [1.165, 1.54) is 13.8 Å². The second-order valence-electron chi connectivity index (χ2n) is 6.06. The lowest BCUT2D eigenvalue weighted by Crippen LogP contribution is -2.32. The van der Waals surface area contributed by atoms with Gasteiger partial charge in [-0.05, 0) is 31.5 Å². The van der Waals surface area contributed by atoms with Crippen LogP contribution in [0.4, 0.5) is 0 Å². The van der Waals surface area contributed by atoms with Crippen molar-refractivity contribution in [3.63, 3.8) is 0 Å². The molecule has 3 aromatic rings. The second kappa shape index (κ2) is 6.81. The first kappa shape index (κ1) is 16.8. The zero-order valence-corrected chi connectivity index (χ0v) is 14.0. The van der Waals surface area contributed by atoms with E-state index in [2.05, 4.69) is 9.97 Å². The van der Waals surface area contributed by atoms with Gasteiger partial charge in [-0.2, -0.15) is 0 Å². The number of ketones is 2. The van der Waals surface area contributed by atoms with Crippen LogP contribution in [-0.2, 0) is 9.59 Å². The molecule has 0 fully saturated rings. The van der Waals surface area contributed by atoms with Crippen LogP contribution in [0.1, 0.15) is 31.0 Å². The van der Waals surface area contributed by atoms with Crippen molar-refractivity contribution in [2.24, 2.45) is 5.92 Å². The molecule has 2 aromatic carbocycles. The number of aromatic amines is 1. The molecule has 0 aliphatic heterocycles. The molecule has 0 saturated heterocycles. The summed E-state index contributed by atoms with van der Waals surface area (Å²) in [5.41, 5.74) is 1.74. The van der Waals surface area contributed by atoms with Gasteiger partial charge in [0.05, 0.1) is 17.0 Å². The van der Waals surface area contributed by atoms with E-state index in [1.54, 1.807) is 24.3 Å². The fraction of sp³-hybridized carbons (Fsp3) is 0.200. The van der Waals surface area contributed by atoms with Gasteiger partial charge in [0.25, 0.3) is 5.56 Å². The summed E-state index contributed by atoms with van der Waals surface area (Å²) in [7, 11) is 0. The number of nitrogens with one attached hydrogen (secondary N) is 1. The predicted molar refractivity (Wildman–Crippen MR) is 95.5 cm³/mol. The first-order chi connectivity index (χ1) is 12.0. The number of carbonyl (C=O) groups excluding carboxylic acids is 2. The predicted octanol–water partition coefficient (Wildman–Crippen LogP) is 2.85. The Morgan fingerprint density at radius 3 is 2.16 bits per heavy atom. The highest BCUT2D eigenvalue weighted by molar-refractivity contribution is 6.01. The van der Waals surface area contributed by atoms with Gasteiger partial charge < -0.3 is 4.98 Å². The first-order valence-electron chi connectivity index (χ1n) is 8.04. The number of nitrogens with zero attached hydrogens (tertiary/aromatic N) is 1. The van der Waals surface area contributed by atoms with E-state index >= 15 is 0 Å². The van der Waals surface area contributed by atoms with Gasteiger partial charge in [0.2, 0.25) is 0 Å². The molecule has 5 heteroatoms. The lowest BCUT2D eigenvalue weighted by molar-refractivity contribution is -0.130. The number of carbonyl (C=O) groups is 2. The Balaban J connectivity index is 2.28. The minimum absolute atomic E-state index is 0.181. The monoisotopic (exact) mass is 334 g/mol. The molecule has 0 unspecified atom stereocenters. The molecule has 0 spiro atoms. The van der Waals surface area contributed by atoms with E-state index in [9.17, 15) is 14.4 Å². The largest absolute Gasteiger partial charge is 0.319 e. The average Bonchev–Trinajstić information content (AvgIpc) is 2.59. The molecule has 0 aliphatic carbocycles. The van der Waals surface area contributed by atoms with Crippen LogP contribution in [-0.4, -0.2) is 21.5 Å². The Hall–Kier alpha value is -3.08. The SMILES string of the molecule is CC(=O)C(C(C)=O)[C@@H](c1ccccc1)c1nc2ccccc2[nH]c1=O. The van der Waals surface area contributed by atoms with Crippen LogP contribution in [0, 0.1) is 5.92 Å². The number of rotatable bonds is 5. The van der Waals surface area contributed by atoms with Gasteiger partial charge >= 0.3 is 0 Å². The van der Waals surface area contributed by atoms with Gasteiger partial charge in [0, 0.05) is 5.92 Å². The number of H-pyrrole nitrogens is 1. The smallest absolute Gasteiger partial charge is 0.270 e. The molecular weight excluding hydrogens is 316 g/mol. The molecule has 1 atom stereocenters. The maximum Gasteiger partial charge on any atom is 0.270 e. The van der Waals surface area contributed by atoms with E-state index < -0.39 is 11.8 Å². The van der Waals surface area contributed by atoms with Crippen molar-refractivity contribution in [3.8, 4) is 0 Å². The molecule has 0 amide bonds. The molecule has 126 valence electrons. The van der Waals surface area contributed by atoms with Crippen molar-refractivity contribution in [2.45, 2.75) is 19.8 Å². The van der Waals surface area contributed by atoms with Crippen LogP contribution < -0.4 is 5.56 Å². The summed E-state index contributed by atoms with van der Waals surface area (Å²) in [5.74, 6) is -2.23. The van der Waals surface area contributed by atoms with Gasteiger partial charge in [-0.25, -0.2) is 4.98 Å². The summed E-state index contributed by atoms with van der Waals surface area (Å²) in [6, 6.07) is 16.3. The standard InChI is InChI=1S/C20H18N2O3/c1-12(23)17(13(2)24)18(14-8-4-3-5-9-14)19-20(25)22-16-11-7-6-10-15(16)21-19/h3-11,17-18H,1-2H3,(H,22,25)/t18-/m1/s1. The summed E-state index contributed by atoms with van der Waals surface area (Å²) in [5, 5.41) is 0. The van der Waals surface area contributed by atoms with Gasteiger partial charge in [-0.15, -0.1) is 0 Å². The quantitative estimate of drug-likeness (QED) is 0.728. The lowest BCUT2D eigenvalue weighted by atomic mass is 9.79. The van der Waals surface area contributed by atoms with Gasteiger partial charge in [0.15, 0.2) is 0 Å². The summed E-state index contributed by atoms with van der Waals surface area (Å²) < 4.78 is 0. The number of benzene rings is 2. The maximum atomic E-state index is 12.7. The third kappa shape index (κ3) is 3.26. The molecule has 0 bridgehead atoms. The van der Waals surface area contributed by atoms with E-state index in [1.807, 2.05) is 30.3 Å². The zero-order valence-electron chi connectivity index (χ0n) is 14.0. The van der Waals surface area contributed by atoms with Crippen LogP contribution in [0.5, 0.6) is 0 Å². The van der Waals surface area contributed by atoms with Crippen LogP contribution in [0.25, 0.3) is 11.0 Å². The van der Waals surface area contributed by atoms with E-state index in [0.717, 1.165) is 0 Å². The number of fused-ring (bicyclic) bond motifs is 1. The molecular formula is C20H18N2O3. The molecule has 3 rings (SSSR count). The zero-order chi connectivity index (χ0) is 18.0. The molecule has 1 aromatic heterocycles. The van der Waals surface area contributed by atoms with Crippen LogP contribution in [0.3, 0.4) is 0 Å². The fourth-order valence-corrected chi connectivity index (χ4v) is 3.18. The maximum absolute atomic E-state index is 12.7. The molecule has 0 aliphatic rings. The lowest BCUT2D eigenvalue weighted by Gasteiger charge is -2.23. The summed E-state index contributed by atoms with van der Waals surface area (Å²) in [6.07, 6.45) is 0. The molecule has 5 nitrogen and oxygen atoms in total. The van der Waals surface area contributed by atoms with Gasteiger partial charge in [-0.1, -0.05) is 42.5 Å². The van der Waals surface area contributed by atoms with Crippen molar-refractivity contribution < 1.29 is 9.59 Å². The Morgan fingerprint density at radius 1 is 0.920 bits per heavy atom.